The molecular formula is C15H16BrFN2. The Morgan fingerprint density at radius 3 is 2.42 bits per heavy atom. The van der Waals surface area contributed by atoms with Gasteiger partial charge in [0.1, 0.15) is 5.82 Å². The molecule has 0 saturated carbocycles. The van der Waals surface area contributed by atoms with Crippen molar-refractivity contribution in [2.75, 3.05) is 0 Å². The number of nitrogens with zero attached hydrogens (tertiary/aromatic N) is 1. The smallest absolute Gasteiger partial charge is 0.127 e. The number of hydrogen-bond donors (Lipinski definition) is 1. The van der Waals surface area contributed by atoms with Gasteiger partial charge in [-0.15, -0.1) is 0 Å². The van der Waals surface area contributed by atoms with Crippen LogP contribution in [0.3, 0.4) is 0 Å². The van der Waals surface area contributed by atoms with Crippen molar-refractivity contribution in [1.29, 1.82) is 0 Å². The van der Waals surface area contributed by atoms with E-state index < -0.39 is 0 Å². The molecule has 4 heteroatoms. The molecule has 0 aliphatic rings. The lowest BCUT2D eigenvalue weighted by atomic mass is 9.99. The molecule has 1 heterocycles. The van der Waals surface area contributed by atoms with E-state index in [1.807, 2.05) is 32.0 Å². The lowest BCUT2D eigenvalue weighted by molar-refractivity contribution is 0.592. The molecule has 0 aliphatic heterocycles. The van der Waals surface area contributed by atoms with Crippen LogP contribution < -0.4 is 5.73 Å². The van der Waals surface area contributed by atoms with Gasteiger partial charge >= 0.3 is 0 Å². The third-order valence-electron chi connectivity index (χ3n) is 2.99. The lowest BCUT2D eigenvalue weighted by Gasteiger charge is -2.14. The van der Waals surface area contributed by atoms with E-state index in [-0.39, 0.29) is 11.9 Å². The van der Waals surface area contributed by atoms with Gasteiger partial charge < -0.3 is 5.73 Å². The van der Waals surface area contributed by atoms with Gasteiger partial charge in [0, 0.05) is 21.9 Å². The molecule has 2 N–H and O–H groups in total. The highest BCUT2D eigenvalue weighted by molar-refractivity contribution is 9.10. The number of aromatic nitrogens is 1. The number of rotatable bonds is 3. The molecule has 2 rings (SSSR count). The largest absolute Gasteiger partial charge is 0.324 e. The van der Waals surface area contributed by atoms with Crippen molar-refractivity contribution in [3.05, 3.63) is 63.1 Å². The number of aryl methyl sites for hydroxylation is 2. The number of nitrogens with two attached hydrogens (primary N) is 1. The van der Waals surface area contributed by atoms with E-state index in [1.54, 1.807) is 6.07 Å². The SMILES string of the molecule is Cc1cc(C(N)Cc2ccc(Br)cc2F)cc(C)n1. The van der Waals surface area contributed by atoms with Crippen molar-refractivity contribution in [3.63, 3.8) is 0 Å². The molecule has 19 heavy (non-hydrogen) atoms. The van der Waals surface area contributed by atoms with Crippen molar-refractivity contribution in [3.8, 4) is 0 Å². The Kier molecular flexibility index (Phi) is 4.32. The molecule has 2 aromatic rings. The first-order valence-electron chi connectivity index (χ1n) is 6.10. The second-order valence-corrected chi connectivity index (χ2v) is 5.65. The maximum absolute atomic E-state index is 13.8. The van der Waals surface area contributed by atoms with Gasteiger partial charge in [0.25, 0.3) is 0 Å². The third kappa shape index (κ3) is 3.61. The van der Waals surface area contributed by atoms with Gasteiger partial charge in [0.05, 0.1) is 0 Å². The van der Waals surface area contributed by atoms with E-state index in [0.717, 1.165) is 21.4 Å². The summed E-state index contributed by atoms with van der Waals surface area (Å²) in [7, 11) is 0. The molecule has 0 radical (unpaired) electrons. The van der Waals surface area contributed by atoms with Gasteiger partial charge in [0.2, 0.25) is 0 Å². The van der Waals surface area contributed by atoms with E-state index in [1.165, 1.54) is 6.07 Å². The quantitative estimate of drug-likeness (QED) is 0.932. The van der Waals surface area contributed by atoms with Crippen LogP contribution in [0.4, 0.5) is 4.39 Å². The predicted molar refractivity (Wildman–Crippen MR) is 78.4 cm³/mol. The molecule has 0 saturated heterocycles. The summed E-state index contributed by atoms with van der Waals surface area (Å²) in [4.78, 5) is 4.32. The Morgan fingerprint density at radius 1 is 1.21 bits per heavy atom. The Balaban J connectivity index is 2.22. The fourth-order valence-corrected chi connectivity index (χ4v) is 2.46. The molecule has 1 aromatic carbocycles. The predicted octanol–water partition coefficient (Wildman–Crippen LogP) is 3.84. The second kappa shape index (κ2) is 5.80. The van der Waals surface area contributed by atoms with Crippen LogP contribution >= 0.6 is 15.9 Å². The fraction of sp³-hybridized carbons (Fsp3) is 0.267. The maximum Gasteiger partial charge on any atom is 0.127 e. The number of benzene rings is 1. The first-order chi connectivity index (χ1) is 8.95. The summed E-state index contributed by atoms with van der Waals surface area (Å²) in [6, 6.07) is 8.73. The first-order valence-corrected chi connectivity index (χ1v) is 6.89. The molecule has 0 bridgehead atoms. The van der Waals surface area contributed by atoms with Crippen molar-refractivity contribution in [2.45, 2.75) is 26.3 Å². The van der Waals surface area contributed by atoms with E-state index in [0.29, 0.717) is 12.0 Å². The zero-order chi connectivity index (χ0) is 14.0. The Hall–Kier alpha value is -1.26. The second-order valence-electron chi connectivity index (χ2n) is 4.73. The van der Waals surface area contributed by atoms with Gasteiger partial charge in [0.15, 0.2) is 0 Å². The number of pyridine rings is 1. The zero-order valence-electron chi connectivity index (χ0n) is 11.0. The molecule has 0 spiro atoms. The van der Waals surface area contributed by atoms with Crippen LogP contribution in [0.2, 0.25) is 0 Å². The number of hydrogen-bond acceptors (Lipinski definition) is 2. The molecule has 1 aromatic heterocycles. The highest BCUT2D eigenvalue weighted by Gasteiger charge is 2.12. The minimum Gasteiger partial charge on any atom is -0.324 e. The van der Waals surface area contributed by atoms with Gasteiger partial charge in [-0.3, -0.25) is 4.98 Å². The monoisotopic (exact) mass is 322 g/mol. The summed E-state index contributed by atoms with van der Waals surface area (Å²) in [5, 5.41) is 0. The molecule has 1 atom stereocenters. The fourth-order valence-electron chi connectivity index (χ4n) is 2.12. The van der Waals surface area contributed by atoms with Gasteiger partial charge in [-0.25, -0.2) is 4.39 Å². The van der Waals surface area contributed by atoms with Crippen molar-refractivity contribution >= 4 is 15.9 Å². The topological polar surface area (TPSA) is 38.9 Å². The van der Waals surface area contributed by atoms with E-state index in [4.69, 9.17) is 5.73 Å². The minimum absolute atomic E-state index is 0.226. The standard InChI is InChI=1S/C15H16BrFN2/c1-9-5-12(6-10(2)19-9)15(18)7-11-3-4-13(16)8-14(11)17/h3-6,8,15H,7,18H2,1-2H3. The molecule has 0 aliphatic carbocycles. The molecule has 0 amide bonds. The molecular weight excluding hydrogens is 307 g/mol. The van der Waals surface area contributed by atoms with Crippen LogP contribution in [-0.2, 0) is 6.42 Å². The average molecular weight is 323 g/mol. The van der Waals surface area contributed by atoms with Crippen LogP contribution in [0, 0.1) is 19.7 Å². The summed E-state index contributed by atoms with van der Waals surface area (Å²) < 4.78 is 14.5. The summed E-state index contributed by atoms with van der Waals surface area (Å²) in [5.41, 5.74) is 9.65. The van der Waals surface area contributed by atoms with Gasteiger partial charge in [-0.1, -0.05) is 22.0 Å². The lowest BCUT2D eigenvalue weighted by Crippen LogP contribution is -2.15. The average Bonchev–Trinajstić information content (AvgIpc) is 2.31. The van der Waals surface area contributed by atoms with Crippen molar-refractivity contribution in [1.82, 2.24) is 4.98 Å². The van der Waals surface area contributed by atoms with Crippen molar-refractivity contribution < 1.29 is 4.39 Å². The van der Waals surface area contributed by atoms with Gasteiger partial charge in [-0.2, -0.15) is 0 Å². The van der Waals surface area contributed by atoms with E-state index in [2.05, 4.69) is 20.9 Å². The van der Waals surface area contributed by atoms with Crippen LogP contribution in [0.5, 0.6) is 0 Å². The van der Waals surface area contributed by atoms with Gasteiger partial charge in [-0.05, 0) is 55.7 Å². The molecule has 0 fully saturated rings. The van der Waals surface area contributed by atoms with Crippen LogP contribution in [-0.4, -0.2) is 4.98 Å². The van der Waals surface area contributed by atoms with E-state index in [9.17, 15) is 4.39 Å². The summed E-state index contributed by atoms with van der Waals surface area (Å²) in [5.74, 6) is -0.229. The summed E-state index contributed by atoms with van der Waals surface area (Å²) in [6.45, 7) is 3.87. The Morgan fingerprint density at radius 2 is 1.84 bits per heavy atom. The first kappa shape index (κ1) is 14.2. The Labute approximate surface area is 121 Å². The highest BCUT2D eigenvalue weighted by Crippen LogP contribution is 2.21. The zero-order valence-corrected chi connectivity index (χ0v) is 12.5. The third-order valence-corrected chi connectivity index (χ3v) is 3.48. The Bertz CT molecular complexity index is 578. The highest BCUT2D eigenvalue weighted by atomic mass is 79.9. The molecule has 100 valence electrons. The van der Waals surface area contributed by atoms with Crippen LogP contribution in [0.25, 0.3) is 0 Å². The minimum atomic E-state index is -0.229. The summed E-state index contributed by atoms with van der Waals surface area (Å²) in [6.07, 6.45) is 0.474. The van der Waals surface area contributed by atoms with Crippen LogP contribution in [0.1, 0.15) is 28.6 Å². The molecule has 2 nitrogen and oxygen atoms in total. The summed E-state index contributed by atoms with van der Waals surface area (Å²) >= 11 is 3.25. The number of halogens is 2. The van der Waals surface area contributed by atoms with Crippen LogP contribution in [0.15, 0.2) is 34.8 Å². The molecule has 1 unspecified atom stereocenters. The maximum atomic E-state index is 13.8. The van der Waals surface area contributed by atoms with Crippen molar-refractivity contribution in [2.24, 2.45) is 5.73 Å². The normalized spacial score (nSPS) is 12.5. The van der Waals surface area contributed by atoms with E-state index >= 15 is 0 Å².